The van der Waals surface area contributed by atoms with E-state index < -0.39 is 0 Å². The summed E-state index contributed by atoms with van der Waals surface area (Å²) in [6.07, 6.45) is 1.12. The Morgan fingerprint density at radius 2 is 2.09 bits per heavy atom. The number of fused-ring (bicyclic) bond motifs is 1. The summed E-state index contributed by atoms with van der Waals surface area (Å²) in [4.78, 5) is 6.34. The molecule has 4 heteroatoms. The van der Waals surface area contributed by atoms with Crippen molar-refractivity contribution in [2.75, 3.05) is 20.6 Å². The first-order valence-corrected chi connectivity index (χ1v) is 7.91. The fourth-order valence-electron chi connectivity index (χ4n) is 3.13. The average molecular weight is 311 g/mol. The molecule has 120 valence electrons. The Morgan fingerprint density at radius 3 is 2.83 bits per heavy atom. The van der Waals surface area contributed by atoms with E-state index in [9.17, 15) is 4.39 Å². The normalized spacial score (nSPS) is 16.5. The molecule has 0 fully saturated rings. The average Bonchev–Trinajstić information content (AvgIpc) is 2.52. The molecule has 0 amide bonds. The fourth-order valence-corrected chi connectivity index (χ4v) is 3.13. The van der Waals surface area contributed by atoms with Crippen molar-refractivity contribution in [1.82, 2.24) is 10.2 Å². The van der Waals surface area contributed by atoms with Crippen LogP contribution in [0.15, 0.2) is 53.5 Å². The molecule has 1 atom stereocenters. The largest absolute Gasteiger partial charge is 0.356 e. The van der Waals surface area contributed by atoms with Crippen molar-refractivity contribution in [3.63, 3.8) is 0 Å². The quantitative estimate of drug-likeness (QED) is 0.694. The van der Waals surface area contributed by atoms with Crippen LogP contribution in [0, 0.1) is 5.82 Å². The molecule has 0 bridgehead atoms. The number of guanidine groups is 1. The molecule has 2 aromatic carbocycles. The minimum Gasteiger partial charge on any atom is -0.356 e. The van der Waals surface area contributed by atoms with E-state index in [-0.39, 0.29) is 5.82 Å². The number of hydrogen-bond donors (Lipinski definition) is 1. The second-order valence-corrected chi connectivity index (χ2v) is 6.01. The minimum absolute atomic E-state index is 0.204. The van der Waals surface area contributed by atoms with Crippen molar-refractivity contribution < 1.29 is 4.39 Å². The summed E-state index contributed by atoms with van der Waals surface area (Å²) in [6.45, 7) is 1.50. The standard InChI is InChI=1S/C19H22FN3/c1-21-19(23(2)13-14-6-5-8-17(20)10-14)22-12-16-11-15-7-3-4-9-18(15)16/h3-10,16H,11-13H2,1-2H3,(H,21,22). The summed E-state index contributed by atoms with van der Waals surface area (Å²) in [7, 11) is 3.74. The van der Waals surface area contributed by atoms with Gasteiger partial charge < -0.3 is 10.2 Å². The smallest absolute Gasteiger partial charge is 0.193 e. The lowest BCUT2D eigenvalue weighted by molar-refractivity contribution is 0.465. The van der Waals surface area contributed by atoms with Gasteiger partial charge in [0.25, 0.3) is 0 Å². The fraction of sp³-hybridized carbons (Fsp3) is 0.316. The van der Waals surface area contributed by atoms with E-state index in [4.69, 9.17) is 0 Å². The van der Waals surface area contributed by atoms with Gasteiger partial charge in [0.05, 0.1) is 0 Å². The number of hydrogen-bond acceptors (Lipinski definition) is 1. The molecular weight excluding hydrogens is 289 g/mol. The number of nitrogens with one attached hydrogen (secondary N) is 1. The van der Waals surface area contributed by atoms with Crippen LogP contribution >= 0.6 is 0 Å². The van der Waals surface area contributed by atoms with Crippen molar-refractivity contribution in [2.24, 2.45) is 4.99 Å². The van der Waals surface area contributed by atoms with Crippen molar-refractivity contribution in [1.29, 1.82) is 0 Å². The molecule has 0 heterocycles. The Hall–Kier alpha value is -2.36. The van der Waals surface area contributed by atoms with E-state index in [0.29, 0.717) is 12.5 Å². The maximum atomic E-state index is 13.3. The third kappa shape index (κ3) is 3.52. The molecule has 23 heavy (non-hydrogen) atoms. The van der Waals surface area contributed by atoms with E-state index in [2.05, 4.69) is 34.6 Å². The van der Waals surface area contributed by atoms with E-state index in [1.807, 2.05) is 18.0 Å². The summed E-state index contributed by atoms with van der Waals surface area (Å²) in [5.74, 6) is 1.18. The summed E-state index contributed by atoms with van der Waals surface area (Å²) in [5, 5.41) is 3.43. The highest BCUT2D eigenvalue weighted by atomic mass is 19.1. The first-order valence-electron chi connectivity index (χ1n) is 7.91. The third-order valence-electron chi connectivity index (χ3n) is 4.35. The van der Waals surface area contributed by atoms with Gasteiger partial charge in [-0.3, -0.25) is 4.99 Å². The Labute approximate surface area is 136 Å². The summed E-state index contributed by atoms with van der Waals surface area (Å²) >= 11 is 0. The zero-order chi connectivity index (χ0) is 16.2. The van der Waals surface area contributed by atoms with Crippen LogP contribution < -0.4 is 5.32 Å². The molecule has 1 aliphatic rings. The van der Waals surface area contributed by atoms with Gasteiger partial charge in [0.1, 0.15) is 5.82 Å². The van der Waals surface area contributed by atoms with Crippen molar-refractivity contribution in [3.8, 4) is 0 Å². The molecule has 0 aromatic heterocycles. The van der Waals surface area contributed by atoms with Gasteiger partial charge in [0.15, 0.2) is 5.96 Å². The van der Waals surface area contributed by atoms with E-state index in [1.165, 1.54) is 17.2 Å². The second-order valence-electron chi connectivity index (χ2n) is 6.01. The molecule has 0 aliphatic heterocycles. The van der Waals surface area contributed by atoms with Crippen molar-refractivity contribution >= 4 is 5.96 Å². The van der Waals surface area contributed by atoms with E-state index in [1.54, 1.807) is 19.2 Å². The highest BCUT2D eigenvalue weighted by Gasteiger charge is 2.25. The molecule has 1 aliphatic carbocycles. The number of rotatable bonds is 4. The van der Waals surface area contributed by atoms with Gasteiger partial charge in [-0.1, -0.05) is 36.4 Å². The van der Waals surface area contributed by atoms with Crippen LogP contribution in [0.4, 0.5) is 4.39 Å². The molecular formula is C19H22FN3. The Kier molecular flexibility index (Phi) is 4.60. The number of halogens is 1. The predicted octanol–water partition coefficient (Wildman–Crippen LogP) is 3.17. The van der Waals surface area contributed by atoms with Crippen molar-refractivity contribution in [2.45, 2.75) is 18.9 Å². The zero-order valence-corrected chi connectivity index (χ0v) is 13.6. The highest BCUT2D eigenvalue weighted by molar-refractivity contribution is 5.79. The first kappa shape index (κ1) is 15.5. The number of nitrogens with zero attached hydrogens (tertiary/aromatic N) is 2. The van der Waals surface area contributed by atoms with Crippen LogP contribution in [0.1, 0.15) is 22.6 Å². The van der Waals surface area contributed by atoms with Crippen LogP contribution in [0.2, 0.25) is 0 Å². The Balaban J connectivity index is 1.56. The monoisotopic (exact) mass is 311 g/mol. The van der Waals surface area contributed by atoms with Crippen LogP contribution in [0.25, 0.3) is 0 Å². The molecule has 0 saturated heterocycles. The summed E-state index contributed by atoms with van der Waals surface area (Å²) < 4.78 is 13.3. The lowest BCUT2D eigenvalue weighted by Crippen LogP contribution is -2.41. The highest BCUT2D eigenvalue weighted by Crippen LogP contribution is 2.33. The van der Waals surface area contributed by atoms with E-state index in [0.717, 1.165) is 24.5 Å². The minimum atomic E-state index is -0.204. The predicted molar refractivity (Wildman–Crippen MR) is 92.1 cm³/mol. The SMILES string of the molecule is CN=C(NCC1Cc2ccccc21)N(C)Cc1cccc(F)c1. The molecule has 1 unspecified atom stereocenters. The Bertz CT molecular complexity index is 711. The van der Waals surface area contributed by atoms with Gasteiger partial charge in [0.2, 0.25) is 0 Å². The summed E-state index contributed by atoms with van der Waals surface area (Å²) in [6, 6.07) is 15.3. The van der Waals surface area contributed by atoms with Crippen molar-refractivity contribution in [3.05, 3.63) is 71.0 Å². The van der Waals surface area contributed by atoms with Crippen LogP contribution in [0.5, 0.6) is 0 Å². The topological polar surface area (TPSA) is 27.6 Å². The third-order valence-corrected chi connectivity index (χ3v) is 4.35. The molecule has 0 radical (unpaired) electrons. The second kappa shape index (κ2) is 6.82. The van der Waals surface area contributed by atoms with E-state index >= 15 is 0 Å². The van der Waals surface area contributed by atoms with Gasteiger partial charge in [0, 0.05) is 33.1 Å². The van der Waals surface area contributed by atoms with Gasteiger partial charge in [-0.05, 0) is 35.2 Å². The molecule has 0 spiro atoms. The molecule has 1 N–H and O–H groups in total. The van der Waals surface area contributed by atoms with Gasteiger partial charge in [-0.25, -0.2) is 4.39 Å². The van der Waals surface area contributed by atoms with Crippen LogP contribution in [-0.2, 0) is 13.0 Å². The molecule has 0 saturated carbocycles. The van der Waals surface area contributed by atoms with Gasteiger partial charge in [-0.15, -0.1) is 0 Å². The van der Waals surface area contributed by atoms with Gasteiger partial charge >= 0.3 is 0 Å². The maximum absolute atomic E-state index is 13.3. The molecule has 2 aromatic rings. The van der Waals surface area contributed by atoms with Crippen LogP contribution in [-0.4, -0.2) is 31.5 Å². The molecule has 3 rings (SSSR count). The molecule has 3 nitrogen and oxygen atoms in total. The summed E-state index contributed by atoms with van der Waals surface area (Å²) in [5.41, 5.74) is 3.81. The maximum Gasteiger partial charge on any atom is 0.193 e. The first-order chi connectivity index (χ1) is 11.2. The van der Waals surface area contributed by atoms with Gasteiger partial charge in [-0.2, -0.15) is 0 Å². The van der Waals surface area contributed by atoms with Crippen LogP contribution in [0.3, 0.4) is 0 Å². The number of benzene rings is 2. The Morgan fingerprint density at radius 1 is 1.26 bits per heavy atom. The zero-order valence-electron chi connectivity index (χ0n) is 13.6. The number of aliphatic imine (C=N–C) groups is 1. The lowest BCUT2D eigenvalue weighted by atomic mass is 9.78. The lowest BCUT2D eigenvalue weighted by Gasteiger charge is -2.32.